The van der Waals surface area contributed by atoms with Crippen molar-refractivity contribution in [1.82, 2.24) is 0 Å². The van der Waals surface area contributed by atoms with Gasteiger partial charge in [0.15, 0.2) is 0 Å². The summed E-state index contributed by atoms with van der Waals surface area (Å²) in [5, 5.41) is 0.604. The second-order valence-electron chi connectivity index (χ2n) is 5.13. The van der Waals surface area contributed by atoms with E-state index in [9.17, 15) is 9.18 Å². The SMILES string of the molecule is COC(=O)c1c(-c2ccc(F)cc2)oc2cc(N(C)S)c(Br)cc12. The fourth-order valence-corrected chi connectivity index (χ4v) is 3.37. The number of carbonyl (C=O) groups is 1. The molecule has 0 aliphatic heterocycles. The van der Waals surface area contributed by atoms with Gasteiger partial charge in [0.1, 0.15) is 22.7 Å². The third-order valence-corrected chi connectivity index (χ3v) is 4.45. The number of carbonyl (C=O) groups excluding carboxylic acids is 1. The van der Waals surface area contributed by atoms with Crippen LogP contribution in [0.4, 0.5) is 10.1 Å². The minimum Gasteiger partial charge on any atom is -0.465 e. The van der Waals surface area contributed by atoms with Crippen LogP contribution in [0.15, 0.2) is 45.3 Å². The molecule has 0 fully saturated rings. The van der Waals surface area contributed by atoms with Crippen LogP contribution in [-0.4, -0.2) is 20.1 Å². The van der Waals surface area contributed by atoms with Crippen LogP contribution in [0.25, 0.3) is 22.3 Å². The van der Waals surface area contributed by atoms with Crippen LogP contribution in [0.2, 0.25) is 0 Å². The average molecular weight is 410 g/mol. The fourth-order valence-electron chi connectivity index (χ4n) is 2.46. The zero-order valence-electron chi connectivity index (χ0n) is 12.8. The van der Waals surface area contributed by atoms with Crippen molar-refractivity contribution in [3.8, 4) is 11.3 Å². The number of hydrogen-bond acceptors (Lipinski definition) is 5. The highest BCUT2D eigenvalue weighted by Crippen LogP contribution is 2.39. The predicted octanol–water partition coefficient (Wildman–Crippen LogP) is 5.07. The summed E-state index contributed by atoms with van der Waals surface area (Å²) < 4.78 is 26.3. The monoisotopic (exact) mass is 409 g/mol. The Morgan fingerprint density at radius 1 is 1.29 bits per heavy atom. The van der Waals surface area contributed by atoms with Gasteiger partial charge in [-0.3, -0.25) is 0 Å². The maximum absolute atomic E-state index is 13.2. The number of rotatable bonds is 3. The molecule has 1 aromatic heterocycles. The van der Waals surface area contributed by atoms with Gasteiger partial charge in [-0.2, -0.15) is 0 Å². The van der Waals surface area contributed by atoms with E-state index in [1.54, 1.807) is 35.6 Å². The van der Waals surface area contributed by atoms with Crippen molar-refractivity contribution < 1.29 is 18.3 Å². The minimum atomic E-state index is -0.521. The van der Waals surface area contributed by atoms with Gasteiger partial charge in [0.2, 0.25) is 0 Å². The zero-order valence-corrected chi connectivity index (χ0v) is 15.3. The third kappa shape index (κ3) is 2.89. The molecule has 0 spiro atoms. The molecule has 0 atom stereocenters. The Labute approximate surface area is 151 Å². The van der Waals surface area contributed by atoms with Crippen LogP contribution in [0.3, 0.4) is 0 Å². The first-order valence-corrected chi connectivity index (χ1v) is 8.14. The molecule has 0 bridgehead atoms. The molecule has 0 aliphatic rings. The topological polar surface area (TPSA) is 42.7 Å². The first-order valence-electron chi connectivity index (χ1n) is 6.95. The van der Waals surface area contributed by atoms with Crippen molar-refractivity contribution >= 4 is 51.4 Å². The summed E-state index contributed by atoms with van der Waals surface area (Å²) in [6.07, 6.45) is 0. The summed E-state index contributed by atoms with van der Waals surface area (Å²) in [7, 11) is 3.08. The molecular weight excluding hydrogens is 397 g/mol. The number of nitrogens with zero attached hydrogens (tertiary/aromatic N) is 1. The van der Waals surface area contributed by atoms with Crippen molar-refractivity contribution in [3.63, 3.8) is 0 Å². The molecule has 1 heterocycles. The lowest BCUT2D eigenvalue weighted by Gasteiger charge is -2.12. The number of furan rings is 1. The van der Waals surface area contributed by atoms with E-state index in [2.05, 4.69) is 28.7 Å². The van der Waals surface area contributed by atoms with E-state index < -0.39 is 5.97 Å². The number of thiol groups is 1. The molecule has 0 radical (unpaired) electrons. The molecule has 0 saturated heterocycles. The Balaban J connectivity index is 2.31. The van der Waals surface area contributed by atoms with Crippen LogP contribution >= 0.6 is 28.7 Å². The smallest absolute Gasteiger partial charge is 0.342 e. The highest BCUT2D eigenvalue weighted by Gasteiger charge is 2.24. The van der Waals surface area contributed by atoms with Gasteiger partial charge in [-0.15, -0.1) is 0 Å². The maximum Gasteiger partial charge on any atom is 0.342 e. The van der Waals surface area contributed by atoms with Crippen molar-refractivity contribution in [1.29, 1.82) is 0 Å². The summed E-state index contributed by atoms with van der Waals surface area (Å²) in [6.45, 7) is 0. The molecule has 24 heavy (non-hydrogen) atoms. The van der Waals surface area contributed by atoms with E-state index in [1.807, 2.05) is 0 Å². The number of fused-ring (bicyclic) bond motifs is 1. The fraction of sp³-hybridized carbons (Fsp3) is 0.118. The van der Waals surface area contributed by atoms with Gasteiger partial charge in [0.05, 0.1) is 12.8 Å². The second kappa shape index (κ2) is 6.49. The number of benzene rings is 2. The summed E-state index contributed by atoms with van der Waals surface area (Å²) in [4.78, 5) is 12.3. The van der Waals surface area contributed by atoms with E-state index in [1.165, 1.54) is 19.2 Å². The number of hydrogen-bond donors (Lipinski definition) is 1. The largest absolute Gasteiger partial charge is 0.465 e. The number of ether oxygens (including phenoxy) is 1. The van der Waals surface area contributed by atoms with Crippen LogP contribution < -0.4 is 4.31 Å². The molecule has 4 nitrogen and oxygen atoms in total. The Kier molecular flexibility index (Phi) is 4.56. The van der Waals surface area contributed by atoms with Crippen LogP contribution in [0.1, 0.15) is 10.4 Å². The van der Waals surface area contributed by atoms with Gasteiger partial charge in [-0.05, 0) is 46.3 Å². The lowest BCUT2D eigenvalue weighted by atomic mass is 10.1. The molecule has 0 N–H and O–H groups in total. The first kappa shape index (κ1) is 16.9. The van der Waals surface area contributed by atoms with Crippen LogP contribution in [0.5, 0.6) is 0 Å². The molecule has 3 aromatic rings. The summed E-state index contributed by atoms with van der Waals surface area (Å²) >= 11 is 7.75. The van der Waals surface area contributed by atoms with E-state index >= 15 is 0 Å². The lowest BCUT2D eigenvalue weighted by molar-refractivity contribution is 0.0603. The number of esters is 1. The quantitative estimate of drug-likeness (QED) is 0.484. The highest BCUT2D eigenvalue weighted by molar-refractivity contribution is 9.10. The molecule has 7 heteroatoms. The minimum absolute atomic E-state index is 0.299. The van der Waals surface area contributed by atoms with Gasteiger partial charge < -0.3 is 13.5 Å². The molecule has 0 unspecified atom stereocenters. The first-order chi connectivity index (χ1) is 11.4. The normalized spacial score (nSPS) is 10.9. The van der Waals surface area contributed by atoms with Gasteiger partial charge >= 0.3 is 5.97 Å². The summed E-state index contributed by atoms with van der Waals surface area (Å²) in [5.74, 6) is -0.550. The Morgan fingerprint density at radius 3 is 2.54 bits per heavy atom. The zero-order chi connectivity index (χ0) is 17.4. The number of halogens is 2. The Morgan fingerprint density at radius 2 is 1.96 bits per heavy atom. The van der Waals surface area contributed by atoms with Gasteiger partial charge in [-0.25, -0.2) is 9.18 Å². The summed E-state index contributed by atoms with van der Waals surface area (Å²) in [6, 6.07) is 9.28. The van der Waals surface area contributed by atoms with Crippen molar-refractivity contribution in [2.24, 2.45) is 0 Å². The van der Waals surface area contributed by atoms with Crippen molar-refractivity contribution in [2.75, 3.05) is 18.5 Å². The molecule has 0 aliphatic carbocycles. The molecular formula is C17H13BrFNO3S. The lowest BCUT2D eigenvalue weighted by Crippen LogP contribution is -2.03. The molecule has 0 saturated carbocycles. The predicted molar refractivity (Wildman–Crippen MR) is 98.0 cm³/mol. The Bertz CT molecular complexity index is 922. The maximum atomic E-state index is 13.2. The number of anilines is 1. The van der Waals surface area contributed by atoms with Crippen molar-refractivity contribution in [2.45, 2.75) is 0 Å². The Hall–Kier alpha value is -1.99. The van der Waals surface area contributed by atoms with E-state index in [-0.39, 0.29) is 5.82 Å². The average Bonchev–Trinajstić information content (AvgIpc) is 2.92. The molecule has 124 valence electrons. The van der Waals surface area contributed by atoms with Gasteiger partial charge in [0.25, 0.3) is 0 Å². The van der Waals surface area contributed by atoms with E-state index in [4.69, 9.17) is 9.15 Å². The standard InChI is InChI=1S/C17H13BrFNO3S/c1-20(24)13-8-14-11(7-12(13)18)15(17(21)22-2)16(23-14)9-3-5-10(19)6-4-9/h3-8,24H,1-2H3. The van der Waals surface area contributed by atoms with Gasteiger partial charge in [0, 0.05) is 28.5 Å². The molecule has 2 aromatic carbocycles. The van der Waals surface area contributed by atoms with Crippen LogP contribution in [0, 0.1) is 5.82 Å². The molecule has 0 amide bonds. The van der Waals surface area contributed by atoms with E-state index in [0.717, 1.165) is 10.2 Å². The number of methoxy groups -OCH3 is 1. The third-order valence-electron chi connectivity index (χ3n) is 3.60. The molecule has 3 rings (SSSR count). The van der Waals surface area contributed by atoms with Gasteiger partial charge in [-0.1, -0.05) is 12.8 Å². The summed E-state index contributed by atoms with van der Waals surface area (Å²) in [5.41, 5.74) is 2.17. The van der Waals surface area contributed by atoms with Crippen molar-refractivity contribution in [3.05, 3.63) is 52.3 Å². The van der Waals surface area contributed by atoms with E-state index in [0.29, 0.717) is 27.9 Å². The highest BCUT2D eigenvalue weighted by atomic mass is 79.9. The second-order valence-corrected chi connectivity index (χ2v) is 6.58. The van der Waals surface area contributed by atoms with Crippen LogP contribution in [-0.2, 0) is 4.74 Å².